The van der Waals surface area contributed by atoms with Crippen molar-refractivity contribution in [3.8, 4) is 0 Å². The van der Waals surface area contributed by atoms with Crippen LogP contribution in [0.2, 0.25) is 0 Å². The summed E-state index contributed by atoms with van der Waals surface area (Å²) in [5.41, 5.74) is 0. The van der Waals surface area contributed by atoms with E-state index in [4.69, 9.17) is 0 Å². The van der Waals surface area contributed by atoms with Crippen LogP contribution in [0.1, 0.15) is 6.42 Å². The predicted molar refractivity (Wildman–Crippen MR) is 86.9 cm³/mol. The second-order valence-corrected chi connectivity index (χ2v) is 6.15. The maximum Gasteiger partial charge on any atom is 0.239 e. The fourth-order valence-electron chi connectivity index (χ4n) is 3.08. The van der Waals surface area contributed by atoms with Crippen molar-refractivity contribution in [1.29, 1.82) is 0 Å². The number of hydrogen-bond donors (Lipinski definition) is 2. The topological polar surface area (TPSA) is 77.6 Å². The van der Waals surface area contributed by atoms with Crippen LogP contribution in [0.15, 0.2) is 24.4 Å². The molecule has 0 radical (unpaired) electrons. The standard InChI is InChI=1S/C16H23N5O2/c22-15-11-21(8-6-18-15)16(23)12-20-7-4-13(10-20)9-19-14-3-1-2-5-17-14/h1-3,5,13H,4,6-12H2,(H,17,19)(H,18,22)/t13-/m0/s1. The van der Waals surface area contributed by atoms with Gasteiger partial charge in [-0.3, -0.25) is 14.5 Å². The van der Waals surface area contributed by atoms with Gasteiger partial charge in [-0.2, -0.15) is 0 Å². The molecule has 0 aromatic carbocycles. The van der Waals surface area contributed by atoms with Crippen molar-refractivity contribution in [2.24, 2.45) is 5.92 Å². The maximum atomic E-state index is 12.3. The highest BCUT2D eigenvalue weighted by molar-refractivity contribution is 5.86. The Balaban J connectivity index is 1.41. The van der Waals surface area contributed by atoms with Gasteiger partial charge in [0.15, 0.2) is 0 Å². The van der Waals surface area contributed by atoms with Crippen LogP contribution in [0.5, 0.6) is 0 Å². The van der Waals surface area contributed by atoms with E-state index in [1.54, 1.807) is 11.1 Å². The Kier molecular flexibility index (Phi) is 5.07. The zero-order valence-corrected chi connectivity index (χ0v) is 13.2. The molecule has 1 aromatic heterocycles. The molecule has 2 N–H and O–H groups in total. The van der Waals surface area contributed by atoms with E-state index in [2.05, 4.69) is 20.5 Å². The number of pyridine rings is 1. The lowest BCUT2D eigenvalue weighted by Crippen LogP contribution is -2.52. The molecular weight excluding hydrogens is 294 g/mol. The summed E-state index contributed by atoms with van der Waals surface area (Å²) >= 11 is 0. The van der Waals surface area contributed by atoms with Gasteiger partial charge >= 0.3 is 0 Å². The summed E-state index contributed by atoms with van der Waals surface area (Å²) in [7, 11) is 0. The molecule has 0 aliphatic carbocycles. The van der Waals surface area contributed by atoms with Crippen LogP contribution in [-0.2, 0) is 9.59 Å². The molecule has 2 aliphatic rings. The van der Waals surface area contributed by atoms with Gasteiger partial charge in [0.2, 0.25) is 11.8 Å². The van der Waals surface area contributed by atoms with Crippen LogP contribution in [0.25, 0.3) is 0 Å². The highest BCUT2D eigenvalue weighted by Gasteiger charge is 2.27. The maximum absolute atomic E-state index is 12.3. The number of nitrogens with zero attached hydrogens (tertiary/aromatic N) is 3. The van der Waals surface area contributed by atoms with Crippen molar-refractivity contribution in [3.05, 3.63) is 24.4 Å². The number of nitrogens with one attached hydrogen (secondary N) is 2. The van der Waals surface area contributed by atoms with Crippen molar-refractivity contribution in [3.63, 3.8) is 0 Å². The number of piperazine rings is 1. The molecule has 0 unspecified atom stereocenters. The number of aromatic nitrogens is 1. The highest BCUT2D eigenvalue weighted by Crippen LogP contribution is 2.17. The van der Waals surface area contributed by atoms with Crippen molar-refractivity contribution in [2.75, 3.05) is 51.1 Å². The molecule has 1 aromatic rings. The molecule has 124 valence electrons. The van der Waals surface area contributed by atoms with E-state index in [-0.39, 0.29) is 18.4 Å². The third-order valence-electron chi connectivity index (χ3n) is 4.36. The summed E-state index contributed by atoms with van der Waals surface area (Å²) < 4.78 is 0. The van der Waals surface area contributed by atoms with Crippen LogP contribution in [0.4, 0.5) is 5.82 Å². The minimum absolute atomic E-state index is 0.0539. The van der Waals surface area contributed by atoms with Crippen LogP contribution < -0.4 is 10.6 Å². The Morgan fingerprint density at radius 3 is 3.09 bits per heavy atom. The quantitative estimate of drug-likeness (QED) is 0.785. The summed E-state index contributed by atoms with van der Waals surface area (Å²) in [6, 6.07) is 5.82. The molecule has 2 amide bonds. The van der Waals surface area contributed by atoms with Gasteiger partial charge in [0.25, 0.3) is 0 Å². The minimum atomic E-state index is -0.0662. The Hall–Kier alpha value is -2.15. The van der Waals surface area contributed by atoms with Crippen molar-refractivity contribution in [1.82, 2.24) is 20.1 Å². The molecule has 0 spiro atoms. The minimum Gasteiger partial charge on any atom is -0.370 e. The van der Waals surface area contributed by atoms with Gasteiger partial charge in [0, 0.05) is 32.4 Å². The number of carbonyl (C=O) groups is 2. The van der Waals surface area contributed by atoms with Crippen LogP contribution in [0.3, 0.4) is 0 Å². The van der Waals surface area contributed by atoms with Crippen LogP contribution in [0, 0.1) is 5.92 Å². The molecule has 0 saturated carbocycles. The van der Waals surface area contributed by atoms with Gasteiger partial charge in [-0.25, -0.2) is 4.98 Å². The molecule has 23 heavy (non-hydrogen) atoms. The van der Waals surface area contributed by atoms with Gasteiger partial charge < -0.3 is 15.5 Å². The molecule has 3 heterocycles. The Morgan fingerprint density at radius 2 is 2.30 bits per heavy atom. The first kappa shape index (κ1) is 15.7. The van der Waals surface area contributed by atoms with Gasteiger partial charge in [-0.05, 0) is 31.0 Å². The van der Waals surface area contributed by atoms with E-state index < -0.39 is 0 Å². The second kappa shape index (κ2) is 7.41. The summed E-state index contributed by atoms with van der Waals surface area (Å²) in [5.74, 6) is 1.40. The van der Waals surface area contributed by atoms with E-state index in [1.807, 2.05) is 18.2 Å². The van der Waals surface area contributed by atoms with E-state index in [0.717, 1.165) is 31.9 Å². The Labute approximate surface area is 136 Å². The van der Waals surface area contributed by atoms with Crippen LogP contribution in [-0.4, -0.2) is 72.4 Å². The van der Waals surface area contributed by atoms with Gasteiger partial charge in [-0.15, -0.1) is 0 Å². The van der Waals surface area contributed by atoms with Crippen molar-refractivity contribution < 1.29 is 9.59 Å². The number of likely N-dealkylation sites (tertiary alicyclic amines) is 1. The number of carbonyl (C=O) groups excluding carboxylic acids is 2. The predicted octanol–water partition coefficient (Wildman–Crippen LogP) is -0.226. The third-order valence-corrected chi connectivity index (χ3v) is 4.36. The fourth-order valence-corrected chi connectivity index (χ4v) is 3.08. The average Bonchev–Trinajstić information content (AvgIpc) is 3.01. The van der Waals surface area contributed by atoms with Gasteiger partial charge in [0.05, 0.1) is 13.1 Å². The lowest BCUT2D eigenvalue weighted by atomic mass is 10.1. The molecule has 2 aliphatic heterocycles. The first-order valence-electron chi connectivity index (χ1n) is 8.12. The zero-order chi connectivity index (χ0) is 16.1. The normalized spacial score (nSPS) is 22.0. The van der Waals surface area contributed by atoms with E-state index in [0.29, 0.717) is 25.6 Å². The molecule has 2 fully saturated rings. The van der Waals surface area contributed by atoms with Gasteiger partial charge in [-0.1, -0.05) is 6.07 Å². The zero-order valence-electron chi connectivity index (χ0n) is 13.2. The second-order valence-electron chi connectivity index (χ2n) is 6.15. The molecule has 3 rings (SSSR count). The lowest BCUT2D eigenvalue weighted by Gasteiger charge is -2.28. The number of hydrogen-bond acceptors (Lipinski definition) is 5. The van der Waals surface area contributed by atoms with Crippen molar-refractivity contribution in [2.45, 2.75) is 6.42 Å². The molecule has 0 bridgehead atoms. The molecule has 7 nitrogen and oxygen atoms in total. The fraction of sp³-hybridized carbons (Fsp3) is 0.562. The first-order chi connectivity index (χ1) is 11.2. The monoisotopic (exact) mass is 317 g/mol. The number of anilines is 1. The van der Waals surface area contributed by atoms with E-state index >= 15 is 0 Å². The average molecular weight is 317 g/mol. The van der Waals surface area contributed by atoms with E-state index in [1.165, 1.54) is 0 Å². The number of rotatable bonds is 5. The number of amides is 2. The largest absolute Gasteiger partial charge is 0.370 e. The highest BCUT2D eigenvalue weighted by atomic mass is 16.2. The first-order valence-corrected chi connectivity index (χ1v) is 8.12. The SMILES string of the molecule is O=C1CN(C(=O)CN2CC[C@@H](CNc3ccccn3)C2)CCN1. The Morgan fingerprint density at radius 1 is 1.39 bits per heavy atom. The van der Waals surface area contributed by atoms with Crippen LogP contribution >= 0.6 is 0 Å². The van der Waals surface area contributed by atoms with Crippen molar-refractivity contribution >= 4 is 17.6 Å². The molecule has 7 heteroatoms. The summed E-state index contributed by atoms with van der Waals surface area (Å²) in [5, 5.41) is 6.08. The molecule has 1 atom stereocenters. The summed E-state index contributed by atoms with van der Waals surface area (Å²) in [4.78, 5) is 31.7. The summed E-state index contributed by atoms with van der Waals surface area (Å²) in [6.45, 7) is 4.48. The Bertz CT molecular complexity index is 551. The molecule has 2 saturated heterocycles. The summed E-state index contributed by atoms with van der Waals surface area (Å²) in [6.07, 6.45) is 2.85. The lowest BCUT2D eigenvalue weighted by molar-refractivity contribution is -0.138. The molecular formula is C16H23N5O2. The van der Waals surface area contributed by atoms with Gasteiger partial charge in [0.1, 0.15) is 5.82 Å². The van der Waals surface area contributed by atoms with E-state index in [9.17, 15) is 9.59 Å². The third kappa shape index (κ3) is 4.41. The smallest absolute Gasteiger partial charge is 0.239 e.